The molecule has 0 amide bonds. The van der Waals surface area contributed by atoms with Gasteiger partial charge in [-0.15, -0.1) is 0 Å². The van der Waals surface area contributed by atoms with E-state index in [1.165, 1.54) is 0 Å². The van der Waals surface area contributed by atoms with Gasteiger partial charge in [0.2, 0.25) is 0 Å². The molecule has 1 atom stereocenters. The number of nitrogens with two attached hydrogens (primary N) is 1. The number of rotatable bonds is 7. The highest BCUT2D eigenvalue weighted by Crippen LogP contribution is 2.22. The predicted octanol–water partition coefficient (Wildman–Crippen LogP) is 1.43. The summed E-state index contributed by atoms with van der Waals surface area (Å²) >= 11 is 0. The van der Waals surface area contributed by atoms with Crippen molar-refractivity contribution in [2.45, 2.75) is 26.3 Å². The number of amidine groups is 1. The molecule has 0 fully saturated rings. The molecule has 1 aromatic rings. The largest absolute Gasteiger partial charge is 0.409 e. The number of hydrogen-bond acceptors (Lipinski definition) is 5. The van der Waals surface area contributed by atoms with Crippen molar-refractivity contribution in [1.82, 2.24) is 4.98 Å². The molecule has 1 rings (SSSR count). The number of hydrogen-bond donors (Lipinski definition) is 2. The second-order valence-electron chi connectivity index (χ2n) is 4.32. The molecule has 0 aliphatic heterocycles. The Bertz CT molecular complexity index is 423. The summed E-state index contributed by atoms with van der Waals surface area (Å²) in [7, 11) is 1.67. The Morgan fingerprint density at radius 2 is 2.37 bits per heavy atom. The maximum absolute atomic E-state index is 8.87. The summed E-state index contributed by atoms with van der Waals surface area (Å²) in [6, 6.07) is 2.05. The molecular weight excluding hydrogens is 244 g/mol. The van der Waals surface area contributed by atoms with Crippen LogP contribution in [0.15, 0.2) is 23.6 Å². The maximum atomic E-state index is 8.87. The molecule has 1 heterocycles. The van der Waals surface area contributed by atoms with E-state index >= 15 is 0 Å². The van der Waals surface area contributed by atoms with Gasteiger partial charge < -0.3 is 20.6 Å². The Balaban J connectivity index is 3.14. The summed E-state index contributed by atoms with van der Waals surface area (Å²) < 4.78 is 5.14. The highest BCUT2D eigenvalue weighted by atomic mass is 16.5. The van der Waals surface area contributed by atoms with Crippen LogP contribution in [-0.4, -0.2) is 42.3 Å². The van der Waals surface area contributed by atoms with E-state index in [1.54, 1.807) is 25.6 Å². The van der Waals surface area contributed by atoms with Gasteiger partial charge in [0.1, 0.15) is 0 Å². The lowest BCUT2D eigenvalue weighted by Crippen LogP contribution is -2.37. The topological polar surface area (TPSA) is 84.0 Å². The minimum absolute atomic E-state index is 0.0862. The van der Waals surface area contributed by atoms with Crippen molar-refractivity contribution in [3.05, 3.63) is 24.0 Å². The van der Waals surface area contributed by atoms with Gasteiger partial charge in [0.25, 0.3) is 0 Å². The number of aromatic nitrogens is 1. The molecule has 0 bridgehead atoms. The number of anilines is 1. The third-order valence-electron chi connectivity index (χ3n) is 3.15. The zero-order chi connectivity index (χ0) is 14.3. The molecule has 0 aliphatic rings. The van der Waals surface area contributed by atoms with E-state index in [-0.39, 0.29) is 5.84 Å². The van der Waals surface area contributed by atoms with E-state index in [4.69, 9.17) is 15.7 Å². The molecule has 6 nitrogen and oxygen atoms in total. The minimum Gasteiger partial charge on any atom is -0.409 e. The molecule has 0 radical (unpaired) electrons. The van der Waals surface area contributed by atoms with Crippen LogP contribution in [-0.2, 0) is 4.74 Å². The van der Waals surface area contributed by atoms with Gasteiger partial charge in [-0.25, -0.2) is 0 Å². The van der Waals surface area contributed by atoms with Crippen LogP contribution in [0.25, 0.3) is 0 Å². The molecule has 1 unspecified atom stereocenters. The Hall–Kier alpha value is -1.82. The Labute approximate surface area is 113 Å². The van der Waals surface area contributed by atoms with Crippen molar-refractivity contribution in [1.29, 1.82) is 0 Å². The average molecular weight is 266 g/mol. The number of ether oxygens (including phenoxy) is 1. The van der Waals surface area contributed by atoms with Gasteiger partial charge in [0, 0.05) is 31.5 Å². The zero-order valence-corrected chi connectivity index (χ0v) is 11.7. The van der Waals surface area contributed by atoms with Crippen molar-refractivity contribution < 1.29 is 9.94 Å². The maximum Gasteiger partial charge on any atom is 0.172 e. The molecule has 0 spiro atoms. The fourth-order valence-electron chi connectivity index (χ4n) is 1.87. The molecule has 0 aromatic carbocycles. The van der Waals surface area contributed by atoms with Gasteiger partial charge in [-0.3, -0.25) is 4.98 Å². The summed E-state index contributed by atoms with van der Waals surface area (Å²) in [6.45, 7) is 5.57. The van der Waals surface area contributed by atoms with Gasteiger partial charge in [-0.2, -0.15) is 0 Å². The lowest BCUT2D eigenvalue weighted by Gasteiger charge is -2.31. The quantitative estimate of drug-likeness (QED) is 0.337. The van der Waals surface area contributed by atoms with Gasteiger partial charge in [0.05, 0.1) is 18.5 Å². The van der Waals surface area contributed by atoms with E-state index in [0.717, 1.165) is 18.7 Å². The van der Waals surface area contributed by atoms with Crippen molar-refractivity contribution in [3.8, 4) is 0 Å². The molecule has 6 heteroatoms. The van der Waals surface area contributed by atoms with Crippen LogP contribution in [0.1, 0.15) is 25.8 Å². The van der Waals surface area contributed by atoms with E-state index in [0.29, 0.717) is 18.2 Å². The van der Waals surface area contributed by atoms with E-state index in [1.807, 2.05) is 0 Å². The van der Waals surface area contributed by atoms with Crippen LogP contribution in [0, 0.1) is 0 Å². The molecule has 106 valence electrons. The molecule has 0 saturated carbocycles. The molecule has 3 N–H and O–H groups in total. The van der Waals surface area contributed by atoms with Crippen LogP contribution in [0.3, 0.4) is 0 Å². The van der Waals surface area contributed by atoms with Crippen LogP contribution in [0.4, 0.5) is 5.69 Å². The fourth-order valence-corrected chi connectivity index (χ4v) is 1.87. The summed E-state index contributed by atoms with van der Waals surface area (Å²) in [5.41, 5.74) is 7.24. The Kier molecular flexibility index (Phi) is 6.08. The van der Waals surface area contributed by atoms with E-state index < -0.39 is 0 Å². The number of pyridine rings is 1. The van der Waals surface area contributed by atoms with Crippen LogP contribution < -0.4 is 10.6 Å². The first-order valence-corrected chi connectivity index (χ1v) is 6.33. The van der Waals surface area contributed by atoms with Crippen LogP contribution >= 0.6 is 0 Å². The summed E-state index contributed by atoms with van der Waals surface area (Å²) in [5.74, 6) is 0.0862. The molecule has 0 saturated heterocycles. The Morgan fingerprint density at radius 1 is 1.63 bits per heavy atom. The monoisotopic (exact) mass is 266 g/mol. The number of nitrogens with zero attached hydrogens (tertiary/aromatic N) is 3. The zero-order valence-electron chi connectivity index (χ0n) is 11.7. The highest BCUT2D eigenvalue weighted by Gasteiger charge is 2.18. The highest BCUT2D eigenvalue weighted by molar-refractivity contribution is 6.02. The number of methoxy groups -OCH3 is 1. The third kappa shape index (κ3) is 3.82. The molecular formula is C13H22N4O2. The first-order valence-electron chi connectivity index (χ1n) is 6.33. The molecule has 1 aromatic heterocycles. The molecule has 0 aliphatic carbocycles. The first kappa shape index (κ1) is 15.2. The summed E-state index contributed by atoms with van der Waals surface area (Å²) in [4.78, 5) is 6.29. The lowest BCUT2D eigenvalue weighted by atomic mass is 10.1. The van der Waals surface area contributed by atoms with Crippen molar-refractivity contribution >= 4 is 11.5 Å². The smallest absolute Gasteiger partial charge is 0.172 e. The second kappa shape index (κ2) is 7.58. The third-order valence-corrected chi connectivity index (χ3v) is 3.15. The second-order valence-corrected chi connectivity index (χ2v) is 4.32. The van der Waals surface area contributed by atoms with Gasteiger partial charge in [0.15, 0.2) is 5.84 Å². The molecule has 19 heavy (non-hydrogen) atoms. The van der Waals surface area contributed by atoms with Gasteiger partial charge in [-0.05, 0) is 19.4 Å². The van der Waals surface area contributed by atoms with Crippen LogP contribution in [0.2, 0.25) is 0 Å². The summed E-state index contributed by atoms with van der Waals surface area (Å²) in [6.07, 6.45) is 4.34. The Morgan fingerprint density at radius 3 is 2.95 bits per heavy atom. The van der Waals surface area contributed by atoms with Gasteiger partial charge >= 0.3 is 0 Å². The fraction of sp³-hybridized carbons (Fsp3) is 0.538. The van der Waals surface area contributed by atoms with Gasteiger partial charge in [-0.1, -0.05) is 12.1 Å². The lowest BCUT2D eigenvalue weighted by molar-refractivity contribution is 0.203. The average Bonchev–Trinajstić information content (AvgIpc) is 2.46. The van der Waals surface area contributed by atoms with E-state index in [2.05, 4.69) is 28.9 Å². The van der Waals surface area contributed by atoms with Crippen molar-refractivity contribution in [2.75, 3.05) is 25.2 Å². The van der Waals surface area contributed by atoms with Crippen molar-refractivity contribution in [3.63, 3.8) is 0 Å². The standard InChI is InChI=1S/C13H22N4O2/c1-4-10(2)17(7-8-19-3)12-9-15-6-5-11(12)13(14)16-18/h5-6,9-10,18H,4,7-8H2,1-3H3,(H2,14,16). The normalized spacial score (nSPS) is 13.3. The van der Waals surface area contributed by atoms with Crippen LogP contribution in [0.5, 0.6) is 0 Å². The number of oxime groups is 1. The minimum atomic E-state index is 0.0862. The van der Waals surface area contributed by atoms with Crippen molar-refractivity contribution in [2.24, 2.45) is 10.9 Å². The van der Waals surface area contributed by atoms with E-state index in [9.17, 15) is 0 Å². The SMILES string of the molecule is CCC(C)N(CCOC)c1cnccc1/C(N)=N/O. The predicted molar refractivity (Wildman–Crippen MR) is 75.7 cm³/mol. The first-order chi connectivity index (χ1) is 9.15. The summed E-state index contributed by atoms with van der Waals surface area (Å²) in [5, 5.41) is 11.9.